The third-order valence-electron chi connectivity index (χ3n) is 6.89. The molecule has 1 unspecified atom stereocenters. The normalized spacial score (nSPS) is 21.0. The number of nitrogens with zero attached hydrogens (tertiary/aromatic N) is 3. The molecule has 0 radical (unpaired) electrons. The summed E-state index contributed by atoms with van der Waals surface area (Å²) in [5, 5.41) is 20.3. The highest BCUT2D eigenvalue weighted by Crippen LogP contribution is 2.41. The lowest BCUT2D eigenvalue weighted by Crippen LogP contribution is -2.71. The second-order valence-corrected chi connectivity index (χ2v) is 15.9. The smallest absolute Gasteiger partial charge is 0.352 e. The van der Waals surface area contributed by atoms with E-state index in [9.17, 15) is 24.3 Å². The van der Waals surface area contributed by atoms with Crippen molar-refractivity contribution in [2.75, 3.05) is 11.5 Å². The first-order chi connectivity index (χ1) is 20.7. The minimum absolute atomic E-state index is 0.0909. The van der Waals surface area contributed by atoms with Crippen molar-refractivity contribution in [2.45, 2.75) is 47.4 Å². The Hall–Kier alpha value is -2.89. The molecule has 224 valence electrons. The predicted octanol–water partition coefficient (Wildman–Crippen LogP) is 4.72. The SMILES string of the molecule is Nc1nc(C(=NOC2CCCC2)C(=O)NC2C(=O)N3C(C(=O)O)=C(C=CSc4cc(=O)c5cc(Cl)sc5s4)CS[C@@H]23)cs1. The molecule has 0 aromatic carbocycles. The number of fused-ring (bicyclic) bond motifs is 2. The van der Waals surface area contributed by atoms with E-state index in [0.29, 0.717) is 21.0 Å². The van der Waals surface area contributed by atoms with E-state index in [1.165, 1.54) is 57.2 Å². The zero-order valence-electron chi connectivity index (χ0n) is 22.0. The Labute approximate surface area is 269 Å². The van der Waals surface area contributed by atoms with E-state index in [-0.39, 0.29) is 33.8 Å². The first kappa shape index (κ1) is 30.1. The fraction of sp³-hybridized carbons (Fsp3) is 0.308. The molecule has 3 aliphatic rings. The molecule has 1 saturated heterocycles. The number of anilines is 1. The third kappa shape index (κ3) is 6.21. The number of oxime groups is 1. The number of thiophene rings is 1. The maximum Gasteiger partial charge on any atom is 0.352 e. The quantitative estimate of drug-likeness (QED) is 0.123. The number of aromatic nitrogens is 1. The number of hydrogen-bond donors (Lipinski definition) is 3. The monoisotopic (exact) mass is 695 g/mol. The summed E-state index contributed by atoms with van der Waals surface area (Å²) >= 11 is 12.6. The van der Waals surface area contributed by atoms with Crippen LogP contribution in [0.1, 0.15) is 31.4 Å². The number of nitrogens with one attached hydrogen (secondary N) is 1. The van der Waals surface area contributed by atoms with E-state index in [2.05, 4.69) is 15.5 Å². The summed E-state index contributed by atoms with van der Waals surface area (Å²) in [6.45, 7) is 0. The summed E-state index contributed by atoms with van der Waals surface area (Å²) in [6.07, 6.45) is 5.26. The number of carboxylic acid groups (broad SMARTS) is 1. The molecular formula is C26H22ClN5O6S5. The van der Waals surface area contributed by atoms with Gasteiger partial charge in [0.2, 0.25) is 0 Å². The number of nitrogens with two attached hydrogens (primary N) is 1. The molecule has 0 spiro atoms. The maximum absolute atomic E-state index is 13.3. The molecule has 3 aromatic heterocycles. The van der Waals surface area contributed by atoms with E-state index in [0.717, 1.165) is 45.2 Å². The molecule has 11 nitrogen and oxygen atoms in total. The van der Waals surface area contributed by atoms with Gasteiger partial charge in [0.15, 0.2) is 16.3 Å². The number of amides is 2. The minimum Gasteiger partial charge on any atom is -0.477 e. The van der Waals surface area contributed by atoms with Crippen LogP contribution in [0.2, 0.25) is 4.34 Å². The highest BCUT2D eigenvalue weighted by molar-refractivity contribution is 8.04. The van der Waals surface area contributed by atoms with Gasteiger partial charge >= 0.3 is 5.97 Å². The first-order valence-electron chi connectivity index (χ1n) is 12.9. The number of allylic oxidation sites excluding steroid dienone is 1. The predicted molar refractivity (Wildman–Crippen MR) is 172 cm³/mol. The van der Waals surface area contributed by atoms with Crippen molar-refractivity contribution < 1.29 is 24.3 Å². The molecule has 4 N–H and O–H groups in total. The van der Waals surface area contributed by atoms with E-state index in [4.69, 9.17) is 22.2 Å². The van der Waals surface area contributed by atoms with Gasteiger partial charge in [-0.15, -0.1) is 45.8 Å². The van der Waals surface area contributed by atoms with E-state index in [1.54, 1.807) is 22.9 Å². The van der Waals surface area contributed by atoms with E-state index in [1.807, 2.05) is 0 Å². The number of β-lactam (4-membered cyclic amide) rings is 1. The zero-order chi connectivity index (χ0) is 30.2. The standard InChI is InChI=1S/C26H22ClN5O6S5/c27-16-7-13-15(33)8-17(43-25(13)42-16)39-6-5-11-9-40-23-19(22(35)32(23)20(11)24(36)37)30-21(34)18(14-10-41-26(28)29-14)31-38-12-3-1-2-4-12/h5-8,10,12,19,23H,1-4,9H2,(H2,28,29)(H,30,34)(H,36,37)/t19?,23-/m0/s1. The summed E-state index contributed by atoms with van der Waals surface area (Å²) in [6, 6.07) is 2.21. The van der Waals surface area contributed by atoms with Crippen molar-refractivity contribution in [2.24, 2.45) is 5.16 Å². The number of rotatable bonds is 9. The molecule has 3 aromatic rings. The van der Waals surface area contributed by atoms with Gasteiger partial charge in [-0.3, -0.25) is 19.3 Å². The lowest BCUT2D eigenvalue weighted by molar-refractivity contribution is -0.150. The number of carbonyl (C=O) groups excluding carboxylic acids is 2. The molecule has 0 bridgehead atoms. The van der Waals surface area contributed by atoms with Gasteiger partial charge in [-0.25, -0.2) is 9.78 Å². The molecule has 5 heterocycles. The van der Waals surface area contributed by atoms with Crippen LogP contribution < -0.4 is 16.5 Å². The largest absolute Gasteiger partial charge is 0.477 e. The van der Waals surface area contributed by atoms with Gasteiger partial charge in [-0.1, -0.05) is 28.5 Å². The Morgan fingerprint density at radius 3 is 2.77 bits per heavy atom. The van der Waals surface area contributed by atoms with Crippen molar-refractivity contribution in [1.82, 2.24) is 15.2 Å². The molecular weight excluding hydrogens is 674 g/mol. The minimum atomic E-state index is -1.25. The van der Waals surface area contributed by atoms with Crippen LogP contribution in [0.25, 0.3) is 9.40 Å². The molecule has 6 rings (SSSR count). The number of nitrogen functional groups attached to an aromatic ring is 1. The van der Waals surface area contributed by atoms with Gasteiger partial charge < -0.3 is 21.0 Å². The molecule has 1 saturated carbocycles. The lowest BCUT2D eigenvalue weighted by Gasteiger charge is -2.49. The van der Waals surface area contributed by atoms with Crippen LogP contribution in [-0.4, -0.2) is 61.8 Å². The Morgan fingerprint density at radius 1 is 1.26 bits per heavy atom. The van der Waals surface area contributed by atoms with E-state index >= 15 is 0 Å². The number of aliphatic carboxylic acids is 1. The summed E-state index contributed by atoms with van der Waals surface area (Å²) in [4.78, 5) is 62.1. The van der Waals surface area contributed by atoms with Crippen LogP contribution in [0, 0.1) is 0 Å². The highest BCUT2D eigenvalue weighted by atomic mass is 35.5. The Morgan fingerprint density at radius 2 is 2.05 bits per heavy atom. The second-order valence-electron chi connectivity index (χ2n) is 9.66. The summed E-state index contributed by atoms with van der Waals surface area (Å²) in [7, 11) is 0. The van der Waals surface area contributed by atoms with Crippen molar-refractivity contribution >= 4 is 107 Å². The Kier molecular flexibility index (Phi) is 8.84. The second kappa shape index (κ2) is 12.6. The number of thioether (sulfide) groups is 2. The van der Waals surface area contributed by atoms with Gasteiger partial charge in [-0.05, 0) is 48.8 Å². The van der Waals surface area contributed by atoms with E-state index < -0.39 is 29.2 Å². The number of halogens is 1. The van der Waals surface area contributed by atoms with Crippen LogP contribution in [0.15, 0.2) is 54.4 Å². The van der Waals surface area contributed by atoms with Crippen LogP contribution in [0.3, 0.4) is 0 Å². The molecule has 2 amide bonds. The van der Waals surface area contributed by atoms with Crippen LogP contribution in [-0.2, 0) is 19.2 Å². The van der Waals surface area contributed by atoms with Crippen LogP contribution in [0.4, 0.5) is 5.13 Å². The van der Waals surface area contributed by atoms with Crippen molar-refractivity contribution in [3.63, 3.8) is 0 Å². The number of hydrogen-bond acceptors (Lipinski definition) is 13. The summed E-state index contributed by atoms with van der Waals surface area (Å²) in [5.41, 5.74) is 6.08. The number of thiazole rings is 1. The Balaban J connectivity index is 1.17. The van der Waals surface area contributed by atoms with Crippen molar-refractivity contribution in [1.29, 1.82) is 0 Å². The number of carbonyl (C=O) groups is 3. The van der Waals surface area contributed by atoms with Gasteiger partial charge in [0.25, 0.3) is 11.8 Å². The topological polar surface area (TPSA) is 164 Å². The van der Waals surface area contributed by atoms with Crippen LogP contribution in [0.5, 0.6) is 0 Å². The lowest BCUT2D eigenvalue weighted by atomic mass is 10.0. The Bertz CT molecular complexity index is 1770. The molecule has 2 fully saturated rings. The molecule has 2 atom stereocenters. The van der Waals surface area contributed by atoms with Gasteiger partial charge in [0.1, 0.15) is 28.9 Å². The average Bonchev–Trinajstić information content (AvgIpc) is 3.73. The van der Waals surface area contributed by atoms with Crippen molar-refractivity contribution in [3.8, 4) is 0 Å². The van der Waals surface area contributed by atoms with Crippen LogP contribution >= 0.6 is 69.1 Å². The molecule has 2 aliphatic heterocycles. The van der Waals surface area contributed by atoms with Gasteiger partial charge in [0.05, 0.1) is 17.9 Å². The molecule has 1 aliphatic carbocycles. The zero-order valence-corrected chi connectivity index (χ0v) is 26.8. The number of carboxylic acids is 1. The first-order valence-corrected chi connectivity index (χ1v) is 17.7. The maximum atomic E-state index is 13.3. The van der Waals surface area contributed by atoms with Crippen molar-refractivity contribution in [3.05, 3.63) is 60.5 Å². The summed E-state index contributed by atoms with van der Waals surface area (Å²) < 4.78 is 2.07. The van der Waals surface area contributed by atoms with Gasteiger partial charge in [-0.2, -0.15) is 0 Å². The van der Waals surface area contributed by atoms with Gasteiger partial charge in [0, 0.05) is 17.2 Å². The molecule has 43 heavy (non-hydrogen) atoms. The molecule has 17 heteroatoms. The summed E-state index contributed by atoms with van der Waals surface area (Å²) in [5.74, 6) is -2.16. The fourth-order valence-corrected chi connectivity index (χ4v) is 10.4. The average molecular weight is 696 g/mol. The third-order valence-corrected chi connectivity index (χ3v) is 12.3. The highest BCUT2D eigenvalue weighted by Gasteiger charge is 2.54. The fourth-order valence-electron chi connectivity index (χ4n) is 4.84.